The maximum Gasteiger partial charge on any atom is 0.356 e. The Morgan fingerprint density at radius 1 is 1.38 bits per heavy atom. The van der Waals surface area contributed by atoms with Gasteiger partial charge in [0.05, 0.1) is 11.1 Å². The summed E-state index contributed by atoms with van der Waals surface area (Å²) in [4.78, 5) is 18.2. The average Bonchev–Trinajstić information content (AvgIpc) is 2.46. The molecule has 0 saturated heterocycles. The third kappa shape index (κ3) is 3.17. The van der Waals surface area contributed by atoms with Crippen LogP contribution in [0, 0.1) is 0 Å². The van der Waals surface area contributed by atoms with Gasteiger partial charge < -0.3 is 5.11 Å². The smallest absolute Gasteiger partial charge is 0.356 e. The Morgan fingerprint density at radius 2 is 2.10 bits per heavy atom. The number of carboxylic acid groups (broad SMARTS) is 1. The second-order valence-electron chi connectivity index (χ2n) is 3.84. The van der Waals surface area contributed by atoms with Gasteiger partial charge in [-0.05, 0) is 24.5 Å². The van der Waals surface area contributed by atoms with E-state index in [9.17, 15) is 13.2 Å². The highest BCUT2D eigenvalue weighted by molar-refractivity contribution is 7.98. The summed E-state index contributed by atoms with van der Waals surface area (Å²) in [6.07, 6.45) is 2.66. The molecular weight excluding hydrogens is 336 g/mol. The van der Waals surface area contributed by atoms with Crippen molar-refractivity contribution in [1.29, 1.82) is 0 Å². The molecule has 0 saturated carbocycles. The molecule has 1 aromatic carbocycles. The van der Waals surface area contributed by atoms with E-state index in [1.165, 1.54) is 24.3 Å². The number of aromatic nitrogens is 2. The molecular formula is C12H9ClN2O4S2. The SMILES string of the molecule is CSc1ncc(S(=O)(=O)c2cccc(Cl)c2)c(C(=O)O)n1. The van der Waals surface area contributed by atoms with E-state index in [2.05, 4.69) is 9.97 Å². The zero-order valence-corrected chi connectivity index (χ0v) is 13.0. The summed E-state index contributed by atoms with van der Waals surface area (Å²) in [5, 5.41) is 9.57. The molecule has 2 rings (SSSR count). The van der Waals surface area contributed by atoms with Crippen LogP contribution in [0.3, 0.4) is 0 Å². The van der Waals surface area contributed by atoms with Crippen LogP contribution in [0.4, 0.5) is 0 Å². The molecule has 110 valence electrons. The molecule has 0 spiro atoms. The maximum atomic E-state index is 12.5. The molecule has 0 radical (unpaired) electrons. The van der Waals surface area contributed by atoms with Gasteiger partial charge in [-0.25, -0.2) is 23.2 Å². The number of hydrogen-bond donors (Lipinski definition) is 1. The molecule has 21 heavy (non-hydrogen) atoms. The first kappa shape index (κ1) is 15.7. The summed E-state index contributed by atoms with van der Waals surface area (Å²) in [7, 11) is -4.06. The minimum atomic E-state index is -4.06. The molecule has 0 bridgehead atoms. The zero-order chi connectivity index (χ0) is 15.6. The number of thioether (sulfide) groups is 1. The molecule has 6 nitrogen and oxygen atoms in total. The minimum Gasteiger partial charge on any atom is -0.476 e. The summed E-state index contributed by atoms with van der Waals surface area (Å²) in [6.45, 7) is 0. The van der Waals surface area contributed by atoms with E-state index in [4.69, 9.17) is 16.7 Å². The number of nitrogens with zero attached hydrogens (tertiary/aromatic N) is 2. The lowest BCUT2D eigenvalue weighted by molar-refractivity contribution is 0.0684. The van der Waals surface area contributed by atoms with Crippen molar-refractivity contribution in [1.82, 2.24) is 9.97 Å². The van der Waals surface area contributed by atoms with Crippen molar-refractivity contribution in [3.8, 4) is 0 Å². The van der Waals surface area contributed by atoms with Crippen LogP contribution in [0.5, 0.6) is 0 Å². The first-order valence-electron chi connectivity index (χ1n) is 5.51. The summed E-state index contributed by atoms with van der Waals surface area (Å²) in [6, 6.07) is 5.55. The average molecular weight is 345 g/mol. The Hall–Kier alpha value is -1.64. The van der Waals surface area contributed by atoms with Crippen LogP contribution >= 0.6 is 23.4 Å². The number of hydrogen-bond acceptors (Lipinski definition) is 6. The lowest BCUT2D eigenvalue weighted by atomic mass is 10.4. The monoisotopic (exact) mass is 344 g/mol. The molecule has 0 aliphatic heterocycles. The van der Waals surface area contributed by atoms with E-state index in [0.29, 0.717) is 0 Å². The van der Waals surface area contributed by atoms with Gasteiger partial charge in [-0.15, -0.1) is 0 Å². The Bertz CT molecular complexity index is 809. The molecule has 0 atom stereocenters. The van der Waals surface area contributed by atoms with Gasteiger partial charge in [-0.1, -0.05) is 29.4 Å². The Labute approximate surface area is 130 Å². The normalized spacial score (nSPS) is 11.3. The van der Waals surface area contributed by atoms with Gasteiger partial charge in [0, 0.05) is 5.02 Å². The van der Waals surface area contributed by atoms with Crippen molar-refractivity contribution >= 4 is 39.2 Å². The topological polar surface area (TPSA) is 97.2 Å². The Morgan fingerprint density at radius 3 is 2.67 bits per heavy atom. The van der Waals surface area contributed by atoms with Crippen molar-refractivity contribution in [3.05, 3.63) is 41.2 Å². The number of aromatic carboxylic acids is 1. The molecule has 9 heteroatoms. The molecule has 1 aromatic heterocycles. The molecule has 1 heterocycles. The lowest BCUT2D eigenvalue weighted by Crippen LogP contribution is -2.13. The highest BCUT2D eigenvalue weighted by Gasteiger charge is 2.27. The number of benzene rings is 1. The summed E-state index contributed by atoms with van der Waals surface area (Å²) < 4.78 is 25.0. The van der Waals surface area contributed by atoms with Gasteiger partial charge in [0.2, 0.25) is 9.84 Å². The summed E-state index contributed by atoms with van der Waals surface area (Å²) in [5.74, 6) is -1.44. The predicted molar refractivity (Wildman–Crippen MR) is 77.7 cm³/mol. The first-order valence-corrected chi connectivity index (χ1v) is 8.60. The van der Waals surface area contributed by atoms with Gasteiger partial charge in [0.25, 0.3) is 0 Å². The van der Waals surface area contributed by atoms with Gasteiger partial charge in [0.1, 0.15) is 4.90 Å². The van der Waals surface area contributed by atoms with Crippen molar-refractivity contribution < 1.29 is 18.3 Å². The highest BCUT2D eigenvalue weighted by Crippen LogP contribution is 2.25. The number of carboxylic acids is 1. The minimum absolute atomic E-state index is 0.113. The highest BCUT2D eigenvalue weighted by atomic mass is 35.5. The fraction of sp³-hybridized carbons (Fsp3) is 0.0833. The third-order valence-electron chi connectivity index (χ3n) is 2.51. The van der Waals surface area contributed by atoms with Crippen LogP contribution in [-0.4, -0.2) is 35.7 Å². The molecule has 0 unspecified atom stereocenters. The first-order chi connectivity index (χ1) is 9.86. The standard InChI is InChI=1S/C12H9ClN2O4S2/c1-20-12-14-6-9(10(15-12)11(16)17)21(18,19)8-4-2-3-7(13)5-8/h2-6H,1H3,(H,16,17). The van der Waals surface area contributed by atoms with Crippen molar-refractivity contribution in [2.75, 3.05) is 6.26 Å². The van der Waals surface area contributed by atoms with Gasteiger partial charge in [-0.2, -0.15) is 0 Å². The Balaban J connectivity index is 2.68. The number of halogens is 1. The van der Waals surface area contributed by atoms with Crippen molar-refractivity contribution in [2.24, 2.45) is 0 Å². The molecule has 2 aromatic rings. The third-order valence-corrected chi connectivity index (χ3v) is 5.06. The predicted octanol–water partition coefficient (Wildman–Crippen LogP) is 2.38. The van der Waals surface area contributed by atoms with Crippen LogP contribution in [0.2, 0.25) is 5.02 Å². The fourth-order valence-corrected chi connectivity index (χ4v) is 3.53. The maximum absolute atomic E-state index is 12.5. The van der Waals surface area contributed by atoms with E-state index in [-0.39, 0.29) is 15.1 Å². The van der Waals surface area contributed by atoms with Crippen LogP contribution in [0.1, 0.15) is 10.5 Å². The molecule has 0 aliphatic rings. The van der Waals surface area contributed by atoms with Gasteiger partial charge >= 0.3 is 5.97 Å². The largest absolute Gasteiger partial charge is 0.476 e. The Kier molecular flexibility index (Phi) is 4.50. The fourth-order valence-electron chi connectivity index (χ4n) is 1.56. The summed E-state index contributed by atoms with van der Waals surface area (Å²) >= 11 is 6.89. The molecule has 1 N–H and O–H groups in total. The van der Waals surface area contributed by atoms with Gasteiger partial charge in [0.15, 0.2) is 10.9 Å². The second kappa shape index (κ2) is 6.00. The zero-order valence-electron chi connectivity index (χ0n) is 10.6. The molecule has 0 fully saturated rings. The molecule has 0 amide bonds. The van der Waals surface area contributed by atoms with E-state index in [0.717, 1.165) is 18.0 Å². The van der Waals surface area contributed by atoms with Crippen LogP contribution in [0.15, 0.2) is 45.4 Å². The van der Waals surface area contributed by atoms with E-state index in [1.54, 1.807) is 6.26 Å². The number of sulfone groups is 1. The van der Waals surface area contributed by atoms with E-state index >= 15 is 0 Å². The molecule has 0 aliphatic carbocycles. The van der Waals surface area contributed by atoms with Crippen LogP contribution in [-0.2, 0) is 9.84 Å². The summed E-state index contributed by atoms with van der Waals surface area (Å²) in [5.41, 5.74) is -0.561. The number of rotatable bonds is 4. The van der Waals surface area contributed by atoms with Crippen molar-refractivity contribution in [3.63, 3.8) is 0 Å². The van der Waals surface area contributed by atoms with E-state index in [1.807, 2.05) is 0 Å². The van der Waals surface area contributed by atoms with E-state index < -0.39 is 26.4 Å². The quantitative estimate of drug-likeness (QED) is 0.671. The number of carbonyl (C=O) groups is 1. The van der Waals surface area contributed by atoms with Crippen LogP contribution < -0.4 is 0 Å². The van der Waals surface area contributed by atoms with Gasteiger partial charge in [-0.3, -0.25) is 0 Å². The second-order valence-corrected chi connectivity index (χ2v) is 6.96. The van der Waals surface area contributed by atoms with Crippen molar-refractivity contribution in [2.45, 2.75) is 14.9 Å². The lowest BCUT2D eigenvalue weighted by Gasteiger charge is -2.08. The van der Waals surface area contributed by atoms with Crippen LogP contribution in [0.25, 0.3) is 0 Å².